The van der Waals surface area contributed by atoms with Gasteiger partial charge in [-0.3, -0.25) is 0 Å². The van der Waals surface area contributed by atoms with Crippen LogP contribution in [0.2, 0.25) is 0 Å². The molecule has 6 aliphatic rings. The minimum Gasteiger partial charge on any atom is -0.465 e. The predicted octanol–water partition coefficient (Wildman–Crippen LogP) is 30.2. The third-order valence-electron chi connectivity index (χ3n) is 17.8. The van der Waals surface area contributed by atoms with E-state index >= 15 is 0 Å². The van der Waals surface area contributed by atoms with Gasteiger partial charge in [0.25, 0.3) is 0 Å². The lowest BCUT2D eigenvalue weighted by Crippen LogP contribution is -2.08. The summed E-state index contributed by atoms with van der Waals surface area (Å²) >= 11 is 0. The number of nitriles is 2. The minimum atomic E-state index is -0.712. The number of methoxy groups -OCH3 is 2. The van der Waals surface area contributed by atoms with E-state index in [4.69, 9.17) is 29.5 Å². The number of aryl methyl sites for hydroxylation is 12. The molecular weight excluding hydrogens is 1430 g/mol. The van der Waals surface area contributed by atoms with Crippen LogP contribution in [0, 0.1) is 141 Å². The molecule has 0 spiro atoms. The fourth-order valence-corrected chi connectivity index (χ4v) is 9.60. The highest BCUT2D eigenvalue weighted by Crippen LogP contribution is 2.29. The van der Waals surface area contributed by atoms with Crippen molar-refractivity contribution in [1.29, 1.82) is 10.5 Å². The zero-order chi connectivity index (χ0) is 89.4. The number of benzene rings is 7. The Balaban J connectivity index is -0.000000186. The van der Waals surface area contributed by atoms with E-state index in [1.165, 1.54) is 145 Å². The van der Waals surface area contributed by atoms with Gasteiger partial charge in [-0.1, -0.05) is 413 Å². The summed E-state index contributed by atoms with van der Waals surface area (Å²) in [5, 5.41) is 16.4. The molecule has 3 saturated heterocycles. The van der Waals surface area contributed by atoms with Gasteiger partial charge in [-0.15, -0.1) is 0 Å². The molecule has 3 aliphatic heterocycles. The summed E-state index contributed by atoms with van der Waals surface area (Å²) in [4.78, 5) is 21.3. The van der Waals surface area contributed by atoms with E-state index in [0.29, 0.717) is 11.9 Å². The molecule has 3 saturated carbocycles. The Hall–Kier alpha value is -8.42. The Morgan fingerprint density at radius 1 is 0.310 bits per heavy atom. The van der Waals surface area contributed by atoms with Crippen molar-refractivity contribution in [1.82, 2.24) is 0 Å². The standard InChI is InChI=1S/C11H9NO2.C9H10O2.3C8H16.5C8H10.C5H5NO2.C3H6O2.C3H6O.5C2H6.3H2/c1-8-3-5-10(6-4-8)14-11(13)9(2)7-12;1-7-2-4-8(5-3-7)11-9-6-10-9;8*1-7-3-5-8(2)6-4-7;1-4(3-6)5(7)8-2;1-4-3-2-5-3;1-3-2-4-3;5*1-2;;;/h3-6H,2H2,1H3;2-5,9H,6H2,1H3;3*7-8H,3-6H2,1-2H3;5*3-6H,1-2H3;1H2,2H3;3H,2H2,1H3;3H,2H2,1H3;5*1-2H3;3*1H. The smallest absolute Gasteiger partial charge is 0.353 e. The fourth-order valence-electron chi connectivity index (χ4n) is 9.60. The molecule has 3 heterocycles. The molecule has 3 atom stereocenters. The van der Waals surface area contributed by atoms with E-state index in [1.807, 2.05) is 113 Å². The zero-order valence-electron chi connectivity index (χ0n) is 79.0. The van der Waals surface area contributed by atoms with Crippen LogP contribution in [0.1, 0.15) is 266 Å². The van der Waals surface area contributed by atoms with E-state index in [1.54, 1.807) is 31.4 Å². The summed E-state index contributed by atoms with van der Waals surface area (Å²) in [6.45, 7) is 70.1. The molecule has 3 aliphatic carbocycles. The van der Waals surface area contributed by atoms with Gasteiger partial charge in [0, 0.05) is 11.4 Å². The molecule has 0 N–H and O–H groups in total. The average Bonchev–Trinajstić information content (AvgIpc) is 1.79. The van der Waals surface area contributed by atoms with Crippen molar-refractivity contribution in [2.24, 2.45) is 35.5 Å². The topological polar surface area (TPSA) is 156 Å². The molecule has 13 rings (SSSR count). The Kier molecular flexibility index (Phi) is 76.6. The average molecular weight is 1600 g/mol. The molecule has 0 amide bonds. The van der Waals surface area contributed by atoms with Crippen molar-refractivity contribution in [2.45, 2.75) is 297 Å². The lowest BCUT2D eigenvalue weighted by atomic mass is 9.84. The number of hydrogen-bond acceptors (Lipinski definition) is 11. The lowest BCUT2D eigenvalue weighted by molar-refractivity contribution is -0.135. The molecular formula is C105H170N2O9. The van der Waals surface area contributed by atoms with Crippen LogP contribution in [0.5, 0.6) is 11.5 Å². The number of epoxide rings is 3. The predicted molar refractivity (Wildman–Crippen MR) is 505 cm³/mol. The highest BCUT2D eigenvalue weighted by molar-refractivity contribution is 5.93. The fraction of sp³-hybridized carbons (Fsp3) is 0.524. The highest BCUT2D eigenvalue weighted by atomic mass is 16.8. The third kappa shape index (κ3) is 74.4. The first-order valence-electron chi connectivity index (χ1n) is 43.2. The monoisotopic (exact) mass is 1600 g/mol. The summed E-state index contributed by atoms with van der Waals surface area (Å²) in [6, 6.07) is 60.5. The van der Waals surface area contributed by atoms with Gasteiger partial charge in [-0.05, 0) is 150 Å². The molecule has 7 aromatic carbocycles. The summed E-state index contributed by atoms with van der Waals surface area (Å²) in [6.07, 6.45) is 18.4. The van der Waals surface area contributed by atoms with Gasteiger partial charge in [0.1, 0.15) is 48.0 Å². The van der Waals surface area contributed by atoms with Crippen LogP contribution >= 0.6 is 0 Å². The Bertz CT molecular complexity index is 3080. The molecule has 11 nitrogen and oxygen atoms in total. The van der Waals surface area contributed by atoms with E-state index in [-0.39, 0.29) is 28.0 Å². The van der Waals surface area contributed by atoms with Crippen molar-refractivity contribution >= 4 is 11.9 Å². The van der Waals surface area contributed by atoms with Gasteiger partial charge in [-0.2, -0.15) is 10.5 Å². The number of nitrogens with zero attached hydrogens (tertiary/aromatic N) is 2. The Morgan fingerprint density at radius 2 is 0.474 bits per heavy atom. The Morgan fingerprint density at radius 3 is 0.603 bits per heavy atom. The molecule has 654 valence electrons. The maximum Gasteiger partial charge on any atom is 0.353 e. The van der Waals surface area contributed by atoms with E-state index in [2.05, 4.69) is 273 Å². The molecule has 7 aromatic rings. The quantitative estimate of drug-likeness (QED) is 0.0513. The number of carbonyl (C=O) groups is 2. The summed E-state index contributed by atoms with van der Waals surface area (Å²) in [5.41, 5.74) is 15.2. The maximum atomic E-state index is 11.1. The summed E-state index contributed by atoms with van der Waals surface area (Å²) in [5.74, 6) is 6.03. The number of carbonyl (C=O) groups excluding carboxylic acids is 2. The molecule has 0 aromatic heterocycles. The normalized spacial score (nSPS) is 18.1. The van der Waals surface area contributed by atoms with Crippen LogP contribution in [0.15, 0.2) is 194 Å². The highest BCUT2D eigenvalue weighted by Gasteiger charge is 2.24. The molecule has 3 unspecified atom stereocenters. The number of esters is 2. The van der Waals surface area contributed by atoms with Crippen LogP contribution < -0.4 is 9.47 Å². The first kappa shape index (κ1) is 116. The first-order valence-corrected chi connectivity index (χ1v) is 43.2. The van der Waals surface area contributed by atoms with Gasteiger partial charge in [0.15, 0.2) is 6.29 Å². The van der Waals surface area contributed by atoms with Crippen LogP contribution in [0.3, 0.4) is 0 Å². The number of hydrogen-bond donors (Lipinski definition) is 0. The Labute approximate surface area is 716 Å². The van der Waals surface area contributed by atoms with E-state index < -0.39 is 11.9 Å². The van der Waals surface area contributed by atoms with Crippen molar-refractivity contribution in [3.05, 3.63) is 261 Å². The third-order valence-corrected chi connectivity index (χ3v) is 17.8. The second-order valence-electron chi connectivity index (χ2n) is 29.6. The van der Waals surface area contributed by atoms with E-state index in [9.17, 15) is 9.59 Å². The molecule has 0 radical (unpaired) electrons. The number of rotatable bonds is 6. The van der Waals surface area contributed by atoms with Crippen LogP contribution in [0.4, 0.5) is 0 Å². The van der Waals surface area contributed by atoms with Gasteiger partial charge in [0.05, 0.1) is 19.8 Å². The lowest BCUT2D eigenvalue weighted by Gasteiger charge is -2.22. The second-order valence-corrected chi connectivity index (χ2v) is 29.6. The van der Waals surface area contributed by atoms with Crippen LogP contribution in [-0.4, -0.2) is 64.7 Å². The van der Waals surface area contributed by atoms with Crippen molar-refractivity contribution in [2.75, 3.05) is 34.0 Å². The molecule has 6 fully saturated rings. The van der Waals surface area contributed by atoms with Crippen molar-refractivity contribution in [3.8, 4) is 23.6 Å². The van der Waals surface area contributed by atoms with Gasteiger partial charge < -0.3 is 33.2 Å². The van der Waals surface area contributed by atoms with E-state index in [0.717, 1.165) is 66.6 Å². The first-order chi connectivity index (χ1) is 55.3. The summed E-state index contributed by atoms with van der Waals surface area (Å²) in [7, 11) is 2.84. The van der Waals surface area contributed by atoms with Crippen molar-refractivity contribution < 1.29 is 47.0 Å². The summed E-state index contributed by atoms with van der Waals surface area (Å²) < 4.78 is 33.3. The SMILES string of the molecule is C=C(C#N)C(=O)OC.C=C(C#N)C(=O)Oc1ccc(C)cc1.CC.CC.CC.CC.CC.CC1CCC(C)CC1.CC1CCC(C)CC1.CC1CCC(C)CC1.CC1CO1.COC1CO1.Cc1ccc(C)cc1.Cc1ccc(C)cc1.Cc1ccc(C)cc1.Cc1ccc(C)cc1.Cc1ccc(C)cc1.Cc1ccc(OC2CO2)cc1.[HH].[HH].[HH]. The van der Waals surface area contributed by atoms with Crippen LogP contribution in [0.25, 0.3) is 0 Å². The zero-order valence-corrected chi connectivity index (χ0v) is 79.0. The number of ether oxygens (including phenoxy) is 7. The minimum absolute atomic E-state index is 0. The largest absolute Gasteiger partial charge is 0.465 e. The molecule has 0 bridgehead atoms. The van der Waals surface area contributed by atoms with Crippen molar-refractivity contribution in [3.63, 3.8) is 0 Å². The maximum absolute atomic E-state index is 11.1. The van der Waals surface area contributed by atoms with Gasteiger partial charge >= 0.3 is 11.9 Å². The van der Waals surface area contributed by atoms with Gasteiger partial charge in [0.2, 0.25) is 6.29 Å². The second kappa shape index (κ2) is 76.5. The molecule has 116 heavy (non-hydrogen) atoms. The van der Waals surface area contributed by atoms with Gasteiger partial charge in [-0.25, -0.2) is 9.59 Å². The van der Waals surface area contributed by atoms with Crippen LogP contribution in [-0.2, 0) is 33.3 Å². The molecule has 11 heteroatoms.